The fourth-order valence-electron chi connectivity index (χ4n) is 3.13. The quantitative estimate of drug-likeness (QED) is 0.602. The van der Waals surface area contributed by atoms with Gasteiger partial charge in [0.05, 0.1) is 16.0 Å². The van der Waals surface area contributed by atoms with Crippen molar-refractivity contribution >= 4 is 44.1 Å². The zero-order valence-corrected chi connectivity index (χ0v) is 18.5. The number of benzene rings is 1. The van der Waals surface area contributed by atoms with Crippen LogP contribution in [0.2, 0.25) is 0 Å². The number of esters is 1. The minimum absolute atomic E-state index is 0.00522. The summed E-state index contributed by atoms with van der Waals surface area (Å²) in [5.41, 5.74) is 5.43. The van der Waals surface area contributed by atoms with Crippen LogP contribution in [-0.2, 0) is 19.6 Å². The van der Waals surface area contributed by atoms with E-state index in [0.717, 1.165) is 30.6 Å². The number of thiophene rings is 1. The lowest BCUT2D eigenvalue weighted by molar-refractivity contribution is -0.123. The fourth-order valence-corrected chi connectivity index (χ4v) is 5.49. The summed E-state index contributed by atoms with van der Waals surface area (Å²) in [6.45, 7) is 2.27. The summed E-state index contributed by atoms with van der Waals surface area (Å²) in [4.78, 5) is 36.2. The van der Waals surface area contributed by atoms with Crippen LogP contribution >= 0.6 is 11.3 Å². The molecule has 0 saturated carbocycles. The molecule has 1 aliphatic rings. The van der Waals surface area contributed by atoms with Gasteiger partial charge in [0.2, 0.25) is 10.0 Å². The first-order valence-corrected chi connectivity index (χ1v) is 12.0. The number of primary amides is 1. The number of sulfonamides is 1. The molecule has 1 fully saturated rings. The maximum Gasteiger partial charge on any atom is 0.338 e. The van der Waals surface area contributed by atoms with Crippen molar-refractivity contribution in [1.82, 2.24) is 4.31 Å². The van der Waals surface area contributed by atoms with E-state index < -0.39 is 33.9 Å². The van der Waals surface area contributed by atoms with Crippen molar-refractivity contribution in [3.63, 3.8) is 0 Å². The summed E-state index contributed by atoms with van der Waals surface area (Å²) in [7, 11) is -3.71. The second-order valence-electron chi connectivity index (χ2n) is 7.06. The summed E-state index contributed by atoms with van der Waals surface area (Å²) in [5, 5.41) is 4.36. The fraction of sp³-hybridized carbons (Fsp3) is 0.350. The molecule has 2 aromatic rings. The maximum absolute atomic E-state index is 12.8. The average molecular weight is 466 g/mol. The first kappa shape index (κ1) is 22.9. The molecule has 1 aromatic carbocycles. The van der Waals surface area contributed by atoms with Gasteiger partial charge in [0.1, 0.15) is 5.00 Å². The number of nitrogens with zero attached hydrogens (tertiary/aromatic N) is 1. The number of carbonyl (C=O) groups is 3. The van der Waals surface area contributed by atoms with Gasteiger partial charge in [0, 0.05) is 13.1 Å². The second kappa shape index (κ2) is 9.58. The van der Waals surface area contributed by atoms with Crippen LogP contribution in [0.4, 0.5) is 5.00 Å². The molecule has 166 valence electrons. The van der Waals surface area contributed by atoms with Crippen LogP contribution < -0.4 is 11.1 Å². The molecule has 1 saturated heterocycles. The largest absolute Gasteiger partial charge is 0.449 e. The number of piperidine rings is 1. The molecule has 9 nitrogen and oxygen atoms in total. The van der Waals surface area contributed by atoms with Gasteiger partial charge in [-0.25, -0.2) is 13.2 Å². The zero-order valence-electron chi connectivity index (χ0n) is 16.9. The zero-order chi connectivity index (χ0) is 22.6. The number of anilines is 1. The lowest BCUT2D eigenvalue weighted by atomic mass is 10.2. The number of hydrogen-bond donors (Lipinski definition) is 2. The number of rotatable bonds is 7. The van der Waals surface area contributed by atoms with E-state index in [9.17, 15) is 22.8 Å². The van der Waals surface area contributed by atoms with Gasteiger partial charge in [-0.1, -0.05) is 12.5 Å². The highest BCUT2D eigenvalue weighted by Crippen LogP contribution is 2.24. The second-order valence-corrected chi connectivity index (χ2v) is 9.91. The van der Waals surface area contributed by atoms with Crippen molar-refractivity contribution in [3.05, 3.63) is 46.8 Å². The number of hydrogen-bond acceptors (Lipinski definition) is 7. The van der Waals surface area contributed by atoms with E-state index in [1.165, 1.54) is 41.6 Å². The van der Waals surface area contributed by atoms with Crippen molar-refractivity contribution in [1.29, 1.82) is 0 Å². The topological polar surface area (TPSA) is 136 Å². The van der Waals surface area contributed by atoms with Gasteiger partial charge in [0.25, 0.3) is 11.8 Å². The van der Waals surface area contributed by atoms with E-state index in [4.69, 9.17) is 10.5 Å². The van der Waals surface area contributed by atoms with E-state index >= 15 is 0 Å². The third kappa shape index (κ3) is 5.30. The van der Waals surface area contributed by atoms with Crippen LogP contribution in [0.1, 0.15) is 46.9 Å². The molecule has 3 rings (SSSR count). The first-order chi connectivity index (χ1) is 14.7. The lowest BCUT2D eigenvalue weighted by Crippen LogP contribution is -2.35. The van der Waals surface area contributed by atoms with Crippen LogP contribution in [0.5, 0.6) is 0 Å². The van der Waals surface area contributed by atoms with E-state index in [1.807, 2.05) is 0 Å². The van der Waals surface area contributed by atoms with E-state index in [1.54, 1.807) is 5.38 Å². The van der Waals surface area contributed by atoms with E-state index in [2.05, 4.69) is 5.32 Å². The third-order valence-electron chi connectivity index (χ3n) is 4.84. The normalized spacial score (nSPS) is 15.8. The Morgan fingerprint density at radius 2 is 1.87 bits per heavy atom. The van der Waals surface area contributed by atoms with Gasteiger partial charge in [-0.05, 0) is 49.4 Å². The van der Waals surface area contributed by atoms with Crippen LogP contribution in [0, 0.1) is 0 Å². The van der Waals surface area contributed by atoms with E-state index in [0.29, 0.717) is 13.1 Å². The average Bonchev–Trinajstić information content (AvgIpc) is 3.22. The molecule has 1 aromatic heterocycles. The predicted molar refractivity (Wildman–Crippen MR) is 115 cm³/mol. The summed E-state index contributed by atoms with van der Waals surface area (Å²) in [6.07, 6.45) is 1.41. The summed E-state index contributed by atoms with van der Waals surface area (Å²) in [6, 6.07) is 7.05. The molecular formula is C20H23N3O6S2. The monoisotopic (exact) mass is 465 g/mol. The van der Waals surface area contributed by atoms with Gasteiger partial charge in [0.15, 0.2) is 6.10 Å². The van der Waals surface area contributed by atoms with Crippen molar-refractivity contribution in [3.8, 4) is 0 Å². The standard InChI is InChI=1S/C20H23N3O6S2/c1-13(18(25)22-19-16(17(21)24)8-11-30-19)29-20(26)14-6-5-7-15(12-14)31(27,28)23-9-3-2-4-10-23/h5-8,11-13H,2-4,9-10H2,1H3,(H2,21,24)(H,22,25). The predicted octanol–water partition coefficient (Wildman–Crippen LogP) is 2.21. The Kier molecular flexibility index (Phi) is 7.08. The highest BCUT2D eigenvalue weighted by Gasteiger charge is 2.27. The summed E-state index contributed by atoms with van der Waals surface area (Å²) >= 11 is 1.11. The van der Waals surface area contributed by atoms with Gasteiger partial charge in [-0.2, -0.15) is 4.31 Å². The van der Waals surface area contributed by atoms with Gasteiger partial charge < -0.3 is 15.8 Å². The lowest BCUT2D eigenvalue weighted by Gasteiger charge is -2.26. The summed E-state index contributed by atoms with van der Waals surface area (Å²) in [5.74, 6) is -2.16. The highest BCUT2D eigenvalue weighted by atomic mass is 32.2. The maximum atomic E-state index is 12.8. The van der Waals surface area contributed by atoms with Crippen molar-refractivity contribution in [2.75, 3.05) is 18.4 Å². The molecular weight excluding hydrogens is 442 g/mol. The Labute approximate surface area is 184 Å². The Balaban J connectivity index is 1.68. The Morgan fingerprint density at radius 1 is 1.16 bits per heavy atom. The molecule has 1 atom stereocenters. The SMILES string of the molecule is CC(OC(=O)c1cccc(S(=O)(=O)N2CCCCC2)c1)C(=O)Nc1sccc1C(N)=O. The Morgan fingerprint density at radius 3 is 2.55 bits per heavy atom. The molecule has 2 heterocycles. The molecule has 0 aliphatic carbocycles. The molecule has 11 heteroatoms. The molecule has 31 heavy (non-hydrogen) atoms. The Hall–Kier alpha value is -2.76. The number of nitrogens with two attached hydrogens (primary N) is 1. The molecule has 0 spiro atoms. The molecule has 0 bridgehead atoms. The molecule has 2 amide bonds. The minimum atomic E-state index is -3.71. The number of amides is 2. The molecule has 0 radical (unpaired) electrons. The number of nitrogens with one attached hydrogen (secondary N) is 1. The number of ether oxygens (including phenoxy) is 1. The van der Waals surface area contributed by atoms with Gasteiger partial charge in [-0.15, -0.1) is 11.3 Å². The van der Waals surface area contributed by atoms with Crippen LogP contribution in [0.25, 0.3) is 0 Å². The van der Waals surface area contributed by atoms with Crippen molar-refractivity contribution in [2.24, 2.45) is 5.73 Å². The molecule has 3 N–H and O–H groups in total. The highest BCUT2D eigenvalue weighted by molar-refractivity contribution is 7.89. The van der Waals surface area contributed by atoms with Crippen molar-refractivity contribution in [2.45, 2.75) is 37.2 Å². The smallest absolute Gasteiger partial charge is 0.338 e. The molecule has 1 aliphatic heterocycles. The minimum Gasteiger partial charge on any atom is -0.449 e. The molecule has 1 unspecified atom stereocenters. The first-order valence-electron chi connectivity index (χ1n) is 9.69. The Bertz CT molecular complexity index is 1090. The van der Waals surface area contributed by atoms with Crippen LogP contribution in [0.3, 0.4) is 0 Å². The number of carbonyl (C=O) groups excluding carboxylic acids is 3. The van der Waals surface area contributed by atoms with E-state index in [-0.39, 0.29) is 21.0 Å². The summed E-state index contributed by atoms with van der Waals surface area (Å²) < 4.78 is 32.3. The van der Waals surface area contributed by atoms with Gasteiger partial charge >= 0.3 is 5.97 Å². The third-order valence-corrected chi connectivity index (χ3v) is 7.57. The van der Waals surface area contributed by atoms with Crippen molar-refractivity contribution < 1.29 is 27.5 Å². The van der Waals surface area contributed by atoms with Crippen LogP contribution in [0.15, 0.2) is 40.6 Å². The van der Waals surface area contributed by atoms with Crippen LogP contribution in [-0.4, -0.2) is 49.7 Å². The van der Waals surface area contributed by atoms with Gasteiger partial charge in [-0.3, -0.25) is 9.59 Å².